The number of hydrogen-bond donors (Lipinski definition) is 0. The van der Waals surface area contributed by atoms with Crippen molar-refractivity contribution in [3.8, 4) is 0 Å². The van der Waals surface area contributed by atoms with Gasteiger partial charge in [0.25, 0.3) is 0 Å². The van der Waals surface area contributed by atoms with Gasteiger partial charge in [-0.15, -0.1) is 0 Å². The summed E-state index contributed by atoms with van der Waals surface area (Å²) in [4.78, 5) is 25.2. The summed E-state index contributed by atoms with van der Waals surface area (Å²) >= 11 is 2.06. The molecule has 0 bridgehead atoms. The van der Waals surface area contributed by atoms with Crippen LogP contribution in [0.1, 0.15) is 101 Å². The van der Waals surface area contributed by atoms with E-state index < -0.39 is 0 Å². The van der Waals surface area contributed by atoms with Gasteiger partial charge in [-0.3, -0.25) is 9.59 Å². The molecule has 192 valence electrons. The molecule has 2 rings (SSSR count). The summed E-state index contributed by atoms with van der Waals surface area (Å²) < 4.78 is 0. The number of ketones is 2. The molecule has 0 aliphatic heterocycles. The average Bonchev–Trinajstić information content (AvgIpc) is 2.83. The zero-order valence-electron chi connectivity index (χ0n) is 22.5. The zero-order valence-corrected chi connectivity index (χ0v) is 23.3. The maximum Gasteiger partial charge on any atom is 0.163 e. The quantitative estimate of drug-likeness (QED) is 0.153. The number of Topliss-reactive ketones (excluding diaryl/α,β-unsaturated/α-hetero) is 2. The average molecular weight is 495 g/mol. The first-order chi connectivity index (χ1) is 16.7. The van der Waals surface area contributed by atoms with E-state index in [4.69, 9.17) is 0 Å². The minimum atomic E-state index is -0.234. The summed E-state index contributed by atoms with van der Waals surface area (Å²) in [6, 6.07) is 19.8. The van der Waals surface area contributed by atoms with Gasteiger partial charge < -0.3 is 0 Å². The summed E-state index contributed by atoms with van der Waals surface area (Å²) in [6.07, 6.45) is 10.5. The van der Waals surface area contributed by atoms with E-state index >= 15 is 0 Å². The SMILES string of the molecule is CC(C)(CCCCCSCCCCCC(C)(C)C(=O)Cc1ccccc1)CC(=O)c1ccccc1. The van der Waals surface area contributed by atoms with E-state index in [1.807, 2.05) is 60.7 Å². The van der Waals surface area contributed by atoms with Gasteiger partial charge in [0.15, 0.2) is 5.78 Å². The van der Waals surface area contributed by atoms with Crippen LogP contribution < -0.4 is 0 Å². The second-order valence-electron chi connectivity index (χ2n) is 11.3. The number of benzene rings is 2. The Morgan fingerprint density at radius 2 is 1.23 bits per heavy atom. The van der Waals surface area contributed by atoms with Crippen molar-refractivity contribution in [2.45, 2.75) is 91.9 Å². The number of carbonyl (C=O) groups excluding carboxylic acids is 2. The number of thioether (sulfide) groups is 1. The highest BCUT2D eigenvalue weighted by molar-refractivity contribution is 7.99. The fraction of sp³-hybridized carbons (Fsp3) is 0.562. The molecular formula is C32H46O2S. The van der Waals surface area contributed by atoms with Crippen LogP contribution in [0.3, 0.4) is 0 Å². The van der Waals surface area contributed by atoms with Gasteiger partial charge in [-0.2, -0.15) is 11.8 Å². The Balaban J connectivity index is 1.47. The minimum absolute atomic E-state index is 0.0658. The largest absolute Gasteiger partial charge is 0.299 e. The summed E-state index contributed by atoms with van der Waals surface area (Å²) in [5.41, 5.74) is 1.78. The lowest BCUT2D eigenvalue weighted by atomic mass is 9.80. The predicted octanol–water partition coefficient (Wildman–Crippen LogP) is 8.98. The predicted molar refractivity (Wildman–Crippen MR) is 152 cm³/mol. The number of carbonyl (C=O) groups is 2. The lowest BCUT2D eigenvalue weighted by Crippen LogP contribution is -2.26. The van der Waals surface area contributed by atoms with Crippen molar-refractivity contribution in [3.63, 3.8) is 0 Å². The summed E-state index contributed by atoms with van der Waals surface area (Å²) in [6.45, 7) is 8.65. The van der Waals surface area contributed by atoms with Gasteiger partial charge in [-0.1, -0.05) is 114 Å². The highest BCUT2D eigenvalue weighted by atomic mass is 32.2. The Kier molecular flexibility index (Phi) is 12.8. The minimum Gasteiger partial charge on any atom is -0.299 e. The van der Waals surface area contributed by atoms with E-state index in [1.54, 1.807) is 0 Å². The Morgan fingerprint density at radius 1 is 0.686 bits per heavy atom. The zero-order chi connectivity index (χ0) is 25.6. The first-order valence-electron chi connectivity index (χ1n) is 13.4. The van der Waals surface area contributed by atoms with Crippen molar-refractivity contribution >= 4 is 23.3 Å². The van der Waals surface area contributed by atoms with Crippen LogP contribution in [0.15, 0.2) is 60.7 Å². The highest BCUT2D eigenvalue weighted by Gasteiger charge is 2.26. The molecule has 2 aromatic rings. The van der Waals surface area contributed by atoms with Crippen LogP contribution in [0.25, 0.3) is 0 Å². The van der Waals surface area contributed by atoms with Gasteiger partial charge in [0.1, 0.15) is 5.78 Å². The van der Waals surface area contributed by atoms with Gasteiger partial charge in [0, 0.05) is 23.8 Å². The van der Waals surface area contributed by atoms with Crippen LogP contribution in [0.5, 0.6) is 0 Å². The fourth-order valence-electron chi connectivity index (χ4n) is 4.44. The first-order valence-corrected chi connectivity index (χ1v) is 14.6. The summed E-state index contributed by atoms with van der Waals surface area (Å²) in [5, 5.41) is 0. The molecule has 0 aromatic heterocycles. The van der Waals surface area contributed by atoms with Crippen molar-refractivity contribution in [3.05, 3.63) is 71.8 Å². The molecule has 0 amide bonds. The van der Waals surface area contributed by atoms with E-state index in [1.165, 1.54) is 43.6 Å². The van der Waals surface area contributed by atoms with E-state index in [-0.39, 0.29) is 16.6 Å². The Labute approximate surface area is 218 Å². The third-order valence-corrected chi connectivity index (χ3v) is 8.08. The first kappa shape index (κ1) is 29.4. The third kappa shape index (κ3) is 12.1. The molecule has 0 heterocycles. The van der Waals surface area contributed by atoms with Gasteiger partial charge in [0.2, 0.25) is 0 Å². The third-order valence-electron chi connectivity index (χ3n) is 6.93. The molecule has 0 atom stereocenters. The van der Waals surface area contributed by atoms with Crippen LogP contribution in [0, 0.1) is 10.8 Å². The van der Waals surface area contributed by atoms with Crippen LogP contribution in [-0.4, -0.2) is 23.1 Å². The second-order valence-corrected chi connectivity index (χ2v) is 12.6. The number of hydrogen-bond acceptors (Lipinski definition) is 3. The van der Waals surface area contributed by atoms with E-state index in [0.29, 0.717) is 18.6 Å². The normalized spacial score (nSPS) is 12.0. The Hall–Kier alpha value is -1.87. The van der Waals surface area contributed by atoms with Gasteiger partial charge in [0.05, 0.1) is 0 Å². The van der Waals surface area contributed by atoms with Crippen LogP contribution in [-0.2, 0) is 11.2 Å². The maximum absolute atomic E-state index is 12.7. The smallest absolute Gasteiger partial charge is 0.163 e. The lowest BCUT2D eigenvalue weighted by Gasteiger charge is -2.23. The van der Waals surface area contributed by atoms with Crippen molar-refractivity contribution < 1.29 is 9.59 Å². The highest BCUT2D eigenvalue weighted by Crippen LogP contribution is 2.30. The molecule has 2 aromatic carbocycles. The van der Waals surface area contributed by atoms with Crippen molar-refractivity contribution in [1.29, 1.82) is 0 Å². The van der Waals surface area contributed by atoms with Crippen LogP contribution >= 0.6 is 11.8 Å². The van der Waals surface area contributed by atoms with Crippen LogP contribution in [0.2, 0.25) is 0 Å². The molecular weight excluding hydrogens is 448 g/mol. The molecule has 0 aliphatic carbocycles. The molecule has 35 heavy (non-hydrogen) atoms. The van der Waals surface area contributed by atoms with E-state index in [0.717, 1.165) is 30.4 Å². The van der Waals surface area contributed by atoms with Crippen molar-refractivity contribution in [1.82, 2.24) is 0 Å². The molecule has 2 nitrogen and oxygen atoms in total. The Morgan fingerprint density at radius 3 is 1.83 bits per heavy atom. The lowest BCUT2D eigenvalue weighted by molar-refractivity contribution is -0.126. The summed E-state index contributed by atoms with van der Waals surface area (Å²) in [5.74, 6) is 3.06. The Bertz CT molecular complexity index is 871. The topological polar surface area (TPSA) is 34.1 Å². The molecule has 0 unspecified atom stereocenters. The van der Waals surface area contributed by atoms with Crippen molar-refractivity contribution in [2.75, 3.05) is 11.5 Å². The molecule has 0 aliphatic rings. The van der Waals surface area contributed by atoms with E-state index in [9.17, 15) is 9.59 Å². The molecule has 0 spiro atoms. The summed E-state index contributed by atoms with van der Waals surface area (Å²) in [7, 11) is 0. The molecule has 0 saturated carbocycles. The maximum atomic E-state index is 12.7. The van der Waals surface area contributed by atoms with Gasteiger partial charge >= 0.3 is 0 Å². The number of rotatable bonds is 18. The van der Waals surface area contributed by atoms with E-state index in [2.05, 4.69) is 39.5 Å². The molecule has 3 heteroatoms. The molecule has 0 saturated heterocycles. The monoisotopic (exact) mass is 494 g/mol. The second kappa shape index (κ2) is 15.3. The van der Waals surface area contributed by atoms with Crippen LogP contribution in [0.4, 0.5) is 0 Å². The van der Waals surface area contributed by atoms with Gasteiger partial charge in [-0.05, 0) is 48.2 Å². The molecule has 0 N–H and O–H groups in total. The van der Waals surface area contributed by atoms with Crippen molar-refractivity contribution in [2.24, 2.45) is 10.8 Å². The number of unbranched alkanes of at least 4 members (excludes halogenated alkanes) is 4. The standard InChI is InChI=1S/C32H46O2S/c1-31(2,26-29(33)28-19-11-6-12-20-28)21-13-7-15-23-35-24-16-8-14-22-32(3,4)30(34)25-27-17-9-5-10-18-27/h5-6,9-12,17-20H,7-8,13-16,21-26H2,1-4H3. The van der Waals surface area contributed by atoms with Gasteiger partial charge in [-0.25, -0.2) is 0 Å². The molecule has 0 radical (unpaired) electrons. The fourth-order valence-corrected chi connectivity index (χ4v) is 5.46. The molecule has 0 fully saturated rings.